The minimum absolute atomic E-state index is 0.0885. The van der Waals surface area contributed by atoms with Crippen molar-refractivity contribution in [2.45, 2.75) is 129 Å². The average Bonchev–Trinajstić information content (AvgIpc) is 4.31. The average molecular weight is 1130 g/mol. The topological polar surface area (TPSA) is 311 Å². The number of quaternary nitrogens is 1. The van der Waals surface area contributed by atoms with Crippen molar-refractivity contribution in [3.8, 4) is 0 Å². The van der Waals surface area contributed by atoms with Crippen LogP contribution in [0.2, 0.25) is 0 Å². The molecule has 0 aromatic rings. The van der Waals surface area contributed by atoms with E-state index in [1.165, 1.54) is 46.4 Å². The van der Waals surface area contributed by atoms with Gasteiger partial charge in [-0.25, -0.2) is 4.79 Å². The monoisotopic (exact) mass is 1120 g/mol. The molecule has 456 valence electrons. The zero-order chi connectivity index (χ0) is 61.7. The molecule has 0 amide bonds. The van der Waals surface area contributed by atoms with E-state index in [9.17, 15) is 53.1 Å². The maximum atomic E-state index is 11.7. The van der Waals surface area contributed by atoms with Gasteiger partial charge in [-0.2, -0.15) is 0 Å². The van der Waals surface area contributed by atoms with E-state index in [1.807, 2.05) is 4.90 Å². The zero-order valence-corrected chi connectivity index (χ0v) is 50.5. The van der Waals surface area contributed by atoms with Crippen LogP contribution >= 0.6 is 0 Å². The predicted octanol–water partition coefficient (Wildman–Crippen LogP) is 2.07. The van der Waals surface area contributed by atoms with Crippen molar-refractivity contribution in [1.29, 1.82) is 0 Å². The quantitative estimate of drug-likeness (QED) is 0.0410. The van der Waals surface area contributed by atoms with Gasteiger partial charge in [0.25, 0.3) is 0 Å². The van der Waals surface area contributed by atoms with Crippen molar-refractivity contribution in [3.05, 3.63) is 12.7 Å². The Morgan fingerprint density at radius 2 is 0.962 bits per heavy atom. The predicted molar refractivity (Wildman–Crippen MR) is 288 cm³/mol. The summed E-state index contributed by atoms with van der Waals surface area (Å²) in [6, 6.07) is 0. The van der Waals surface area contributed by atoms with Crippen LogP contribution in [0.3, 0.4) is 0 Å². The van der Waals surface area contributed by atoms with Crippen LogP contribution in [0, 0.1) is 21.7 Å². The van der Waals surface area contributed by atoms with Gasteiger partial charge >= 0.3 is 53.7 Å². The number of ether oxygens (including phenoxy) is 8. The number of hydrogen-bond donors (Lipinski definition) is 3. The molecule has 0 aromatic carbocycles. The van der Waals surface area contributed by atoms with E-state index < -0.39 is 33.6 Å². The minimum Gasteiger partial charge on any atom is -0.550 e. The molecule has 2 heterocycles. The van der Waals surface area contributed by atoms with Gasteiger partial charge in [-0.3, -0.25) is 43.3 Å². The molecule has 24 nitrogen and oxygen atoms in total. The van der Waals surface area contributed by atoms with Gasteiger partial charge in [-0.1, -0.05) is 27.4 Å². The highest BCUT2D eigenvalue weighted by molar-refractivity contribution is 5.81. The zero-order valence-electron chi connectivity index (χ0n) is 50.5. The highest BCUT2D eigenvalue weighted by atomic mass is 16.6. The van der Waals surface area contributed by atoms with Crippen molar-refractivity contribution >= 4 is 59.7 Å². The summed E-state index contributed by atoms with van der Waals surface area (Å²) in [5, 5.41) is 21.1. The van der Waals surface area contributed by atoms with Crippen LogP contribution in [0.25, 0.3) is 0 Å². The molecule has 0 radical (unpaired) electrons. The first-order chi connectivity index (χ1) is 35.9. The largest absolute Gasteiger partial charge is 0.550 e. The van der Waals surface area contributed by atoms with Gasteiger partial charge in [-0.05, 0) is 76.2 Å². The Balaban J connectivity index is -0.000000281. The number of carboxylic acids is 2. The number of hydrogen-bond acceptors (Lipinski definition) is 22. The Labute approximate surface area is 464 Å². The molecule has 0 spiro atoms. The van der Waals surface area contributed by atoms with Crippen LogP contribution in [-0.2, 0) is 85.8 Å². The summed E-state index contributed by atoms with van der Waals surface area (Å²) < 4.78 is 37.6. The van der Waals surface area contributed by atoms with Gasteiger partial charge in [0.2, 0.25) is 0 Å². The summed E-state index contributed by atoms with van der Waals surface area (Å²) in [5.74, 6) is -3.68. The first kappa shape index (κ1) is 81.1. The first-order valence-electron chi connectivity index (χ1n) is 25.9. The fraction of sp³-hybridized carbons (Fsp3) is 0.778. The Bertz CT molecular complexity index is 1690. The van der Waals surface area contributed by atoms with Crippen LogP contribution in [0.5, 0.6) is 0 Å². The number of nitrogens with one attached hydrogen (secondary N) is 2. The molecule has 2 rings (SSSR count). The molecule has 3 N–H and O–H groups in total. The Morgan fingerprint density at radius 1 is 0.564 bits per heavy atom. The fourth-order valence-electron chi connectivity index (χ4n) is 4.07. The second-order valence-electron chi connectivity index (χ2n) is 21.1. The van der Waals surface area contributed by atoms with Crippen molar-refractivity contribution in [3.63, 3.8) is 0 Å². The lowest BCUT2D eigenvalue weighted by molar-refractivity contribution is -0.757. The van der Waals surface area contributed by atoms with Gasteiger partial charge in [-0.15, -0.1) is 0 Å². The maximum absolute atomic E-state index is 11.7. The van der Waals surface area contributed by atoms with Crippen molar-refractivity contribution < 1.29 is 101 Å². The molecule has 2 fully saturated rings. The third-order valence-corrected chi connectivity index (χ3v) is 9.53. The molecule has 2 aliphatic heterocycles. The Hall–Kier alpha value is -5.72. The lowest BCUT2D eigenvalue weighted by Gasteiger charge is -2.22. The van der Waals surface area contributed by atoms with E-state index in [1.54, 1.807) is 96.9 Å². The SMILES string of the molecule is C=CC(=O)OCC.CC(C)(C)C(=O)O.CC(C)(C)C(=O)[O-].CCOC(=O)CCN(CCOC(=O)C(C)(C)C)CCC(=O)OC.COC(=O)CCN1CC1.COC(=O)CCNCCOC(=O)C(C)(C)C.COC(=O)CC[NH+]1CC1. The summed E-state index contributed by atoms with van der Waals surface area (Å²) in [6.45, 7) is 37.5. The molecule has 0 unspecified atom stereocenters. The number of carboxylic acid groups (broad SMARTS) is 2. The molecular formula is C54H100N4O20. The number of esters is 8. The van der Waals surface area contributed by atoms with E-state index in [-0.39, 0.29) is 67.2 Å². The van der Waals surface area contributed by atoms with Crippen LogP contribution in [-0.4, -0.2) is 201 Å². The summed E-state index contributed by atoms with van der Waals surface area (Å²) in [4.78, 5) is 113. The minimum atomic E-state index is -1.01. The van der Waals surface area contributed by atoms with Crippen LogP contribution in [0.4, 0.5) is 0 Å². The molecule has 0 saturated carbocycles. The molecular weight excluding hydrogens is 1020 g/mol. The van der Waals surface area contributed by atoms with Crippen molar-refractivity contribution in [2.24, 2.45) is 21.7 Å². The molecule has 2 aliphatic rings. The van der Waals surface area contributed by atoms with E-state index in [0.717, 1.165) is 32.3 Å². The van der Waals surface area contributed by atoms with E-state index in [0.29, 0.717) is 71.8 Å². The van der Waals surface area contributed by atoms with Gasteiger partial charge < -0.3 is 68.0 Å². The van der Waals surface area contributed by atoms with Gasteiger partial charge in [0.05, 0.1) is 96.5 Å². The van der Waals surface area contributed by atoms with Crippen molar-refractivity contribution in [2.75, 3.05) is 127 Å². The third kappa shape index (κ3) is 59.5. The van der Waals surface area contributed by atoms with E-state index in [2.05, 4.69) is 40.5 Å². The number of aliphatic carboxylic acids is 2. The Kier molecular flexibility index (Phi) is 48.1. The molecule has 0 atom stereocenters. The third-order valence-electron chi connectivity index (χ3n) is 9.53. The van der Waals surface area contributed by atoms with Crippen molar-refractivity contribution in [1.82, 2.24) is 15.1 Å². The highest BCUT2D eigenvalue weighted by Crippen LogP contribution is 2.16. The van der Waals surface area contributed by atoms with Crippen LogP contribution in [0.1, 0.15) is 129 Å². The summed E-state index contributed by atoms with van der Waals surface area (Å²) in [7, 11) is 5.54. The highest BCUT2D eigenvalue weighted by Gasteiger charge is 2.25. The van der Waals surface area contributed by atoms with E-state index in [4.69, 9.17) is 19.3 Å². The summed E-state index contributed by atoms with van der Waals surface area (Å²) in [5.41, 5.74) is -2.30. The number of nitrogens with zero attached hydrogens (tertiary/aromatic N) is 2. The normalized spacial score (nSPS) is 12.3. The maximum Gasteiger partial charge on any atom is 0.330 e. The smallest absolute Gasteiger partial charge is 0.330 e. The molecule has 78 heavy (non-hydrogen) atoms. The van der Waals surface area contributed by atoms with Crippen LogP contribution < -0.4 is 15.3 Å². The van der Waals surface area contributed by atoms with Gasteiger partial charge in [0, 0.05) is 69.8 Å². The number of methoxy groups -OCH3 is 4. The lowest BCUT2D eigenvalue weighted by Crippen LogP contribution is -2.92. The summed E-state index contributed by atoms with van der Waals surface area (Å²) >= 11 is 0. The number of carbonyl (C=O) groups is 10. The fourth-order valence-corrected chi connectivity index (χ4v) is 4.07. The molecule has 2 saturated heterocycles. The lowest BCUT2D eigenvalue weighted by atomic mass is 9.97. The van der Waals surface area contributed by atoms with Gasteiger partial charge in [0.1, 0.15) is 26.3 Å². The molecule has 24 heteroatoms. The van der Waals surface area contributed by atoms with Crippen LogP contribution in [0.15, 0.2) is 12.7 Å². The molecule has 0 aromatic heterocycles. The van der Waals surface area contributed by atoms with Gasteiger partial charge in [0.15, 0.2) is 0 Å². The molecule has 0 aliphatic carbocycles. The summed E-state index contributed by atoms with van der Waals surface area (Å²) in [6.07, 6.45) is 3.02. The second kappa shape index (κ2) is 46.2. The first-order valence-corrected chi connectivity index (χ1v) is 25.9. The Morgan fingerprint density at radius 3 is 1.31 bits per heavy atom. The standard InChI is InChI=1S/C16H29NO6.C11H21NO4.2C6H11NO2.2C5H10O2.C5H8O2/c1-6-22-14(19)8-10-17(9-7-13(18)21-5)11-12-23-15(20)16(2,3)4;1-11(2,3)10(14)16-8-7-12-6-5-9(13)15-4;2*1-9-6(8)2-3-7-4-5-7;2*1-5(2,3)4(6)7;1-3-5(6)7-4-2/h6-12H2,1-5H3;12H,5-8H2,1-4H3;2*2-5H2,1H3;2*1-3H3,(H,6,7);3H,1,4H2,2H3. The molecule has 0 bridgehead atoms. The second-order valence-corrected chi connectivity index (χ2v) is 21.1. The number of carbonyl (C=O) groups excluding carboxylic acids is 9. The number of rotatable bonds is 24. The van der Waals surface area contributed by atoms with E-state index >= 15 is 0 Å².